The summed E-state index contributed by atoms with van der Waals surface area (Å²) in [5.41, 5.74) is 0.755. The molecule has 8 nitrogen and oxygen atoms in total. The Morgan fingerprint density at radius 2 is 1.19 bits per heavy atom. The van der Waals surface area contributed by atoms with Gasteiger partial charge in [0, 0.05) is 13.2 Å². The summed E-state index contributed by atoms with van der Waals surface area (Å²) >= 11 is 0. The smallest absolute Gasteiger partial charge is 0.102 e. The predicted molar refractivity (Wildman–Crippen MR) is 104 cm³/mol. The van der Waals surface area contributed by atoms with E-state index in [1.54, 1.807) is 12.1 Å². The molecule has 0 spiro atoms. The van der Waals surface area contributed by atoms with Gasteiger partial charge in [0.2, 0.25) is 0 Å². The van der Waals surface area contributed by atoms with Gasteiger partial charge in [0.15, 0.2) is 0 Å². The summed E-state index contributed by atoms with van der Waals surface area (Å²) in [6, 6.07) is 9.08. The van der Waals surface area contributed by atoms with E-state index in [9.17, 15) is 0 Å². The molecule has 8 heteroatoms. The van der Waals surface area contributed by atoms with Crippen LogP contribution in [0.3, 0.4) is 0 Å². The summed E-state index contributed by atoms with van der Waals surface area (Å²) in [7, 11) is 0. The summed E-state index contributed by atoms with van der Waals surface area (Å²) in [4.78, 5) is 0. The van der Waals surface area contributed by atoms with E-state index in [0.29, 0.717) is 6.42 Å². The first-order valence-electron chi connectivity index (χ1n) is 8.97. The Hall–Kier alpha value is -1.10. The molecular weight excluding hydrogens is 356 g/mol. The van der Waals surface area contributed by atoms with Gasteiger partial charge < -0.3 is 40.9 Å². The summed E-state index contributed by atoms with van der Waals surface area (Å²) in [5.74, 6) is 0. The molecule has 3 atom stereocenters. The zero-order valence-corrected chi connectivity index (χ0v) is 16.4. The van der Waals surface area contributed by atoms with E-state index >= 15 is 0 Å². The second kappa shape index (κ2) is 24.9. The number of unbranched alkanes of at least 4 members (excludes halogenated alkanes) is 1. The topological polar surface area (TPSA) is 162 Å². The van der Waals surface area contributed by atoms with Crippen LogP contribution >= 0.6 is 0 Å². The minimum atomic E-state index is -0.735. The van der Waals surface area contributed by atoms with Crippen LogP contribution in [0.4, 0.5) is 0 Å². The Kier molecular flexibility index (Phi) is 28.2. The third-order valence-electron chi connectivity index (χ3n) is 2.87. The second-order valence-corrected chi connectivity index (χ2v) is 5.54. The Bertz CT molecular complexity index is 354. The van der Waals surface area contributed by atoms with Crippen LogP contribution in [0, 0.1) is 0 Å². The van der Waals surface area contributed by atoms with E-state index in [2.05, 4.69) is 0 Å². The minimum absolute atomic E-state index is 0.115. The van der Waals surface area contributed by atoms with Crippen LogP contribution in [0.25, 0.3) is 0 Å². The molecule has 1 rings (SSSR count). The maximum absolute atomic E-state index is 9.08. The molecule has 27 heavy (non-hydrogen) atoms. The van der Waals surface area contributed by atoms with E-state index in [1.165, 1.54) is 6.92 Å². The molecular formula is C19H38O8. The summed E-state index contributed by atoms with van der Waals surface area (Å²) < 4.78 is 0. The van der Waals surface area contributed by atoms with Crippen molar-refractivity contribution >= 4 is 0 Å². The van der Waals surface area contributed by atoms with Crippen molar-refractivity contribution in [3.63, 3.8) is 0 Å². The Morgan fingerprint density at radius 3 is 1.41 bits per heavy atom. The van der Waals surface area contributed by atoms with Crippen molar-refractivity contribution < 1.29 is 40.9 Å². The van der Waals surface area contributed by atoms with Crippen molar-refractivity contribution in [2.45, 2.75) is 51.4 Å². The fourth-order valence-electron chi connectivity index (χ4n) is 1.13. The normalized spacial score (nSPS) is 12.8. The van der Waals surface area contributed by atoms with Gasteiger partial charge in [-0.25, -0.2) is 0 Å². The SMILES string of the molecule is CC(O)CO.CCC(O)CO.OCC(O)c1ccccc1.OCCCCO. The molecule has 3 unspecified atom stereocenters. The Labute approximate surface area is 162 Å². The van der Waals surface area contributed by atoms with Crippen LogP contribution in [0.15, 0.2) is 30.3 Å². The van der Waals surface area contributed by atoms with Gasteiger partial charge in [-0.1, -0.05) is 37.3 Å². The molecule has 0 aliphatic heterocycles. The molecule has 1 aromatic rings. The van der Waals surface area contributed by atoms with E-state index < -0.39 is 18.3 Å². The lowest BCUT2D eigenvalue weighted by Gasteiger charge is -2.05. The molecule has 0 fully saturated rings. The molecule has 0 saturated carbocycles. The van der Waals surface area contributed by atoms with E-state index in [4.69, 9.17) is 40.9 Å². The van der Waals surface area contributed by atoms with Gasteiger partial charge in [-0.3, -0.25) is 0 Å². The quantitative estimate of drug-likeness (QED) is 0.276. The van der Waals surface area contributed by atoms with Crippen molar-refractivity contribution in [2.75, 3.05) is 33.0 Å². The van der Waals surface area contributed by atoms with Gasteiger partial charge in [-0.05, 0) is 31.7 Å². The Morgan fingerprint density at radius 1 is 0.741 bits per heavy atom. The average Bonchev–Trinajstić information content (AvgIpc) is 2.72. The molecule has 0 saturated heterocycles. The fraction of sp³-hybridized carbons (Fsp3) is 0.684. The van der Waals surface area contributed by atoms with E-state index in [0.717, 1.165) is 18.4 Å². The van der Waals surface area contributed by atoms with Crippen LogP contribution in [0.5, 0.6) is 0 Å². The maximum atomic E-state index is 9.08. The van der Waals surface area contributed by atoms with Gasteiger partial charge >= 0.3 is 0 Å². The number of benzene rings is 1. The van der Waals surface area contributed by atoms with Gasteiger partial charge in [0.25, 0.3) is 0 Å². The number of rotatable bonds is 8. The highest BCUT2D eigenvalue weighted by Crippen LogP contribution is 2.09. The third-order valence-corrected chi connectivity index (χ3v) is 2.87. The number of hydrogen-bond donors (Lipinski definition) is 8. The Balaban J connectivity index is -0.000000299. The van der Waals surface area contributed by atoms with Gasteiger partial charge in [0.05, 0.1) is 32.0 Å². The number of hydrogen-bond acceptors (Lipinski definition) is 8. The van der Waals surface area contributed by atoms with Crippen LogP contribution in [-0.2, 0) is 0 Å². The molecule has 0 aliphatic rings. The van der Waals surface area contributed by atoms with Crippen molar-refractivity contribution in [1.29, 1.82) is 0 Å². The third kappa shape index (κ3) is 27.2. The monoisotopic (exact) mass is 394 g/mol. The second-order valence-electron chi connectivity index (χ2n) is 5.54. The van der Waals surface area contributed by atoms with Gasteiger partial charge in [-0.2, -0.15) is 0 Å². The van der Waals surface area contributed by atoms with Crippen molar-refractivity contribution in [3.05, 3.63) is 35.9 Å². The highest BCUT2D eigenvalue weighted by molar-refractivity contribution is 5.16. The van der Waals surface area contributed by atoms with Crippen molar-refractivity contribution in [3.8, 4) is 0 Å². The van der Waals surface area contributed by atoms with Crippen molar-refractivity contribution in [1.82, 2.24) is 0 Å². The maximum Gasteiger partial charge on any atom is 0.102 e. The standard InChI is InChI=1S/C8H10O2.2C4H10O2.C3H8O2/c9-6-8(10)7-4-2-1-3-5-7;1-2-4(6)3-5;5-3-1-2-4-6;1-3(5)2-4/h1-5,8-10H,6H2;4-6H,2-3H2,1H3;5-6H,1-4H2;3-5H,2H2,1H3. The summed E-state index contributed by atoms with van der Waals surface area (Å²) in [6.45, 7) is 3.27. The molecule has 0 heterocycles. The highest BCUT2D eigenvalue weighted by Gasteiger charge is 2.02. The summed E-state index contributed by atoms with van der Waals surface area (Å²) in [5, 5.41) is 66.3. The van der Waals surface area contributed by atoms with E-state index in [-0.39, 0.29) is 33.0 Å². The first-order chi connectivity index (χ1) is 12.8. The zero-order chi connectivity index (χ0) is 21.5. The van der Waals surface area contributed by atoms with Crippen LogP contribution in [0.2, 0.25) is 0 Å². The molecule has 0 aliphatic carbocycles. The average molecular weight is 395 g/mol. The lowest BCUT2D eigenvalue weighted by molar-refractivity contribution is 0.0923. The fourth-order valence-corrected chi connectivity index (χ4v) is 1.13. The largest absolute Gasteiger partial charge is 0.396 e. The van der Waals surface area contributed by atoms with Crippen molar-refractivity contribution in [2.24, 2.45) is 0 Å². The molecule has 1 aromatic carbocycles. The number of aliphatic hydroxyl groups is 8. The molecule has 8 N–H and O–H groups in total. The first kappa shape index (κ1) is 30.6. The number of aliphatic hydroxyl groups excluding tert-OH is 8. The predicted octanol–water partition coefficient (Wildman–Crippen LogP) is -0.427. The minimum Gasteiger partial charge on any atom is -0.396 e. The van der Waals surface area contributed by atoms with Gasteiger partial charge in [0.1, 0.15) is 6.10 Å². The molecule has 0 bridgehead atoms. The lowest BCUT2D eigenvalue weighted by atomic mass is 10.1. The van der Waals surface area contributed by atoms with Crippen LogP contribution < -0.4 is 0 Å². The van der Waals surface area contributed by atoms with Crippen LogP contribution in [0.1, 0.15) is 44.8 Å². The molecule has 0 amide bonds. The van der Waals surface area contributed by atoms with Crippen LogP contribution in [-0.4, -0.2) is 86.1 Å². The van der Waals surface area contributed by atoms with E-state index in [1.807, 2.05) is 25.1 Å². The zero-order valence-electron chi connectivity index (χ0n) is 16.4. The summed E-state index contributed by atoms with van der Waals surface area (Å²) in [6.07, 6.45) is 0.268. The van der Waals surface area contributed by atoms with Gasteiger partial charge in [-0.15, -0.1) is 0 Å². The molecule has 162 valence electrons. The highest BCUT2D eigenvalue weighted by atomic mass is 16.3. The lowest BCUT2D eigenvalue weighted by Crippen LogP contribution is -2.08. The first-order valence-corrected chi connectivity index (χ1v) is 8.97. The molecule has 0 aromatic heterocycles. The molecule has 0 radical (unpaired) electrons.